The minimum atomic E-state index is 0.716. The summed E-state index contributed by atoms with van der Waals surface area (Å²) in [7, 11) is 0. The zero-order valence-electron chi connectivity index (χ0n) is 11.2. The van der Waals surface area contributed by atoms with E-state index in [0.717, 1.165) is 17.9 Å². The molecule has 16 heavy (non-hydrogen) atoms. The Balaban J connectivity index is 1.91. The molecule has 1 N–H and O–H groups in total. The molecule has 0 aromatic carbocycles. The number of hydrogen-bond donors (Lipinski definition) is 1. The van der Waals surface area contributed by atoms with Gasteiger partial charge in [-0.05, 0) is 44.6 Å². The van der Waals surface area contributed by atoms with Gasteiger partial charge in [-0.15, -0.1) is 0 Å². The van der Waals surface area contributed by atoms with Gasteiger partial charge in [0.25, 0.3) is 0 Å². The van der Waals surface area contributed by atoms with Crippen molar-refractivity contribution in [2.45, 2.75) is 58.5 Å². The molecule has 1 aliphatic heterocycles. The molecule has 2 nitrogen and oxygen atoms in total. The lowest BCUT2D eigenvalue weighted by Gasteiger charge is -2.31. The van der Waals surface area contributed by atoms with E-state index in [4.69, 9.17) is 0 Å². The first-order chi connectivity index (χ1) is 7.70. The quantitative estimate of drug-likeness (QED) is 0.789. The van der Waals surface area contributed by atoms with Gasteiger partial charge in [-0.1, -0.05) is 20.3 Å². The number of nitrogens with zero attached hydrogens (tertiary/aromatic N) is 1. The molecule has 3 atom stereocenters. The molecule has 0 aromatic rings. The lowest BCUT2D eigenvalue weighted by atomic mass is 9.99. The van der Waals surface area contributed by atoms with Crippen LogP contribution in [0.1, 0.15) is 46.5 Å². The van der Waals surface area contributed by atoms with E-state index in [1.165, 1.54) is 45.3 Å². The molecule has 0 amide bonds. The first-order valence-corrected chi connectivity index (χ1v) is 7.18. The average Bonchev–Trinajstić information content (AvgIpc) is 3.09. The van der Waals surface area contributed by atoms with Crippen LogP contribution in [0.15, 0.2) is 0 Å². The highest BCUT2D eigenvalue weighted by Gasteiger charge is 2.30. The Morgan fingerprint density at radius 1 is 1.31 bits per heavy atom. The van der Waals surface area contributed by atoms with Crippen LogP contribution >= 0.6 is 0 Å². The van der Waals surface area contributed by atoms with E-state index in [1.807, 2.05) is 0 Å². The normalized spacial score (nSPS) is 34.7. The Bertz CT molecular complexity index is 213. The van der Waals surface area contributed by atoms with E-state index in [2.05, 4.69) is 31.0 Å². The van der Waals surface area contributed by atoms with Crippen LogP contribution in [-0.2, 0) is 0 Å². The minimum absolute atomic E-state index is 0.716. The van der Waals surface area contributed by atoms with E-state index < -0.39 is 0 Å². The molecule has 2 heteroatoms. The molecule has 3 unspecified atom stereocenters. The fraction of sp³-hybridized carbons (Fsp3) is 1.00. The molecule has 94 valence electrons. The standard InChI is InChI=1S/C14H28N2/c1-4-11(2)14-10-16(9-13-5-6-13)12(3)7-8-15-14/h11-15H,4-10H2,1-3H3. The maximum absolute atomic E-state index is 3.74. The van der Waals surface area contributed by atoms with Crippen LogP contribution in [0.2, 0.25) is 0 Å². The van der Waals surface area contributed by atoms with Crippen molar-refractivity contribution in [3.63, 3.8) is 0 Å². The summed E-state index contributed by atoms with van der Waals surface area (Å²) in [6.07, 6.45) is 5.57. The third kappa shape index (κ3) is 3.21. The van der Waals surface area contributed by atoms with E-state index in [0.29, 0.717) is 6.04 Å². The summed E-state index contributed by atoms with van der Waals surface area (Å²) in [5.41, 5.74) is 0. The molecule has 0 bridgehead atoms. The van der Waals surface area contributed by atoms with Crippen LogP contribution < -0.4 is 5.32 Å². The second-order valence-corrected chi connectivity index (χ2v) is 5.98. The molecule has 1 saturated heterocycles. The number of rotatable bonds is 4. The summed E-state index contributed by atoms with van der Waals surface area (Å²) in [5, 5.41) is 3.74. The van der Waals surface area contributed by atoms with Crippen molar-refractivity contribution in [1.29, 1.82) is 0 Å². The van der Waals surface area contributed by atoms with Gasteiger partial charge in [0, 0.05) is 25.2 Å². The zero-order valence-corrected chi connectivity index (χ0v) is 11.2. The van der Waals surface area contributed by atoms with Crippen LogP contribution in [0.5, 0.6) is 0 Å². The van der Waals surface area contributed by atoms with Crippen LogP contribution in [0.3, 0.4) is 0 Å². The molecule has 0 aromatic heterocycles. The predicted octanol–water partition coefficient (Wildman–Crippen LogP) is 2.49. The van der Waals surface area contributed by atoms with Crippen molar-refractivity contribution < 1.29 is 0 Å². The molecular formula is C14H28N2. The van der Waals surface area contributed by atoms with Crippen LogP contribution in [0.25, 0.3) is 0 Å². The van der Waals surface area contributed by atoms with Gasteiger partial charge >= 0.3 is 0 Å². The lowest BCUT2D eigenvalue weighted by molar-refractivity contribution is 0.181. The molecule has 1 aliphatic carbocycles. The first-order valence-electron chi connectivity index (χ1n) is 7.18. The Hall–Kier alpha value is -0.0800. The van der Waals surface area contributed by atoms with Gasteiger partial charge < -0.3 is 5.32 Å². The smallest absolute Gasteiger partial charge is 0.0220 e. The molecule has 2 rings (SSSR count). The molecular weight excluding hydrogens is 196 g/mol. The topological polar surface area (TPSA) is 15.3 Å². The summed E-state index contributed by atoms with van der Waals surface area (Å²) >= 11 is 0. The van der Waals surface area contributed by atoms with Gasteiger partial charge in [0.1, 0.15) is 0 Å². The maximum atomic E-state index is 3.74. The van der Waals surface area contributed by atoms with Crippen molar-refractivity contribution in [3.05, 3.63) is 0 Å². The van der Waals surface area contributed by atoms with Gasteiger partial charge in [0.2, 0.25) is 0 Å². The van der Waals surface area contributed by atoms with Crippen molar-refractivity contribution >= 4 is 0 Å². The van der Waals surface area contributed by atoms with E-state index >= 15 is 0 Å². The molecule has 0 radical (unpaired) electrons. The summed E-state index contributed by atoms with van der Waals surface area (Å²) in [6.45, 7) is 10.9. The fourth-order valence-corrected chi connectivity index (χ4v) is 2.71. The van der Waals surface area contributed by atoms with Gasteiger partial charge in [0.05, 0.1) is 0 Å². The van der Waals surface area contributed by atoms with E-state index in [9.17, 15) is 0 Å². The highest BCUT2D eigenvalue weighted by molar-refractivity contribution is 4.87. The Kier molecular flexibility index (Phi) is 4.26. The van der Waals surface area contributed by atoms with Crippen LogP contribution in [0.4, 0.5) is 0 Å². The van der Waals surface area contributed by atoms with E-state index in [1.54, 1.807) is 0 Å². The Morgan fingerprint density at radius 3 is 2.69 bits per heavy atom. The number of hydrogen-bond acceptors (Lipinski definition) is 2. The summed E-state index contributed by atoms with van der Waals surface area (Å²) < 4.78 is 0. The average molecular weight is 224 g/mol. The number of nitrogens with one attached hydrogen (secondary N) is 1. The fourth-order valence-electron chi connectivity index (χ4n) is 2.71. The highest BCUT2D eigenvalue weighted by Crippen LogP contribution is 2.31. The van der Waals surface area contributed by atoms with Gasteiger partial charge in [0.15, 0.2) is 0 Å². The first kappa shape index (κ1) is 12.4. The van der Waals surface area contributed by atoms with Gasteiger partial charge in [-0.3, -0.25) is 4.90 Å². The summed E-state index contributed by atoms with van der Waals surface area (Å²) in [6, 6.07) is 1.50. The van der Waals surface area contributed by atoms with Crippen molar-refractivity contribution in [3.8, 4) is 0 Å². The predicted molar refractivity (Wildman–Crippen MR) is 69.6 cm³/mol. The molecule has 1 heterocycles. The minimum Gasteiger partial charge on any atom is -0.312 e. The van der Waals surface area contributed by atoms with E-state index in [-0.39, 0.29) is 0 Å². The zero-order chi connectivity index (χ0) is 11.5. The molecule has 1 saturated carbocycles. The molecule has 2 fully saturated rings. The Labute approximate surface area is 101 Å². The summed E-state index contributed by atoms with van der Waals surface area (Å²) in [4.78, 5) is 2.74. The Morgan fingerprint density at radius 2 is 2.06 bits per heavy atom. The molecule has 0 spiro atoms. The van der Waals surface area contributed by atoms with Gasteiger partial charge in [-0.25, -0.2) is 0 Å². The van der Waals surface area contributed by atoms with Crippen LogP contribution in [-0.4, -0.2) is 36.6 Å². The van der Waals surface area contributed by atoms with Crippen molar-refractivity contribution in [2.75, 3.05) is 19.6 Å². The summed E-state index contributed by atoms with van der Waals surface area (Å²) in [5.74, 6) is 1.84. The largest absolute Gasteiger partial charge is 0.312 e. The van der Waals surface area contributed by atoms with Crippen molar-refractivity contribution in [2.24, 2.45) is 11.8 Å². The second kappa shape index (κ2) is 5.50. The van der Waals surface area contributed by atoms with Crippen molar-refractivity contribution in [1.82, 2.24) is 10.2 Å². The SMILES string of the molecule is CCC(C)C1CN(CC2CC2)C(C)CCN1. The third-order valence-electron chi connectivity index (χ3n) is 4.54. The third-order valence-corrected chi connectivity index (χ3v) is 4.54. The lowest BCUT2D eigenvalue weighted by Crippen LogP contribution is -2.44. The van der Waals surface area contributed by atoms with Crippen LogP contribution in [0, 0.1) is 11.8 Å². The highest BCUT2D eigenvalue weighted by atomic mass is 15.2. The van der Waals surface area contributed by atoms with Gasteiger partial charge in [-0.2, -0.15) is 0 Å². The molecule has 2 aliphatic rings. The second-order valence-electron chi connectivity index (χ2n) is 5.98. The maximum Gasteiger partial charge on any atom is 0.0220 e. The monoisotopic (exact) mass is 224 g/mol.